The minimum Gasteiger partial charge on any atom is -0.382 e. The van der Waals surface area contributed by atoms with Crippen molar-refractivity contribution in [2.45, 2.75) is 83.2 Å². The average molecular weight is 567 g/mol. The first-order chi connectivity index (χ1) is 20.5. The summed E-state index contributed by atoms with van der Waals surface area (Å²) in [6.07, 6.45) is 13.7. The lowest BCUT2D eigenvalue weighted by Crippen LogP contribution is -2.46. The Hall–Kier alpha value is -3.84. The second-order valence-electron chi connectivity index (χ2n) is 11.5. The monoisotopic (exact) mass is 566 g/mol. The zero-order valence-electron chi connectivity index (χ0n) is 24.7. The Morgan fingerprint density at radius 2 is 1.86 bits per heavy atom. The summed E-state index contributed by atoms with van der Waals surface area (Å²) in [5.41, 5.74) is 8.87. The number of anilines is 1. The molecule has 42 heavy (non-hydrogen) atoms. The first kappa shape index (κ1) is 29.6. The number of hydrogen-bond acceptors (Lipinski definition) is 8. The van der Waals surface area contributed by atoms with E-state index in [-0.39, 0.29) is 18.2 Å². The van der Waals surface area contributed by atoms with Crippen LogP contribution in [0.2, 0.25) is 0 Å². The number of nitriles is 1. The molecule has 0 radical (unpaired) electrons. The number of amides is 1. The Labute approximate surface area is 249 Å². The van der Waals surface area contributed by atoms with Crippen LogP contribution < -0.4 is 16.1 Å². The van der Waals surface area contributed by atoms with E-state index in [1.807, 2.05) is 55.6 Å². The molecule has 2 aliphatic rings. The number of carbonyl (C=O) groups is 1. The van der Waals surface area contributed by atoms with Gasteiger partial charge in [-0.05, 0) is 74.3 Å². The van der Waals surface area contributed by atoms with Crippen molar-refractivity contribution in [2.75, 3.05) is 18.9 Å². The molecular weight excluding hydrogens is 524 g/mol. The van der Waals surface area contributed by atoms with Crippen LogP contribution >= 0.6 is 0 Å². The van der Waals surface area contributed by atoms with Crippen LogP contribution in [0.5, 0.6) is 0 Å². The van der Waals surface area contributed by atoms with Crippen LogP contribution in [0, 0.1) is 18.3 Å². The smallest absolute Gasteiger partial charge is 0.251 e. The van der Waals surface area contributed by atoms with Gasteiger partial charge < -0.3 is 10.6 Å². The summed E-state index contributed by atoms with van der Waals surface area (Å²) in [5, 5.41) is 18.2. The number of nitrogens with one attached hydrogen (secondary N) is 3. The summed E-state index contributed by atoms with van der Waals surface area (Å²) in [6, 6.07) is 17.8. The van der Waals surface area contributed by atoms with Crippen LogP contribution in [0.4, 0.5) is 5.69 Å². The highest BCUT2D eigenvalue weighted by molar-refractivity contribution is 5.95. The molecule has 1 aliphatic carbocycles. The van der Waals surface area contributed by atoms with Gasteiger partial charge in [0.1, 0.15) is 12.5 Å². The van der Waals surface area contributed by atoms with E-state index in [1.54, 1.807) is 12.4 Å². The lowest BCUT2D eigenvalue weighted by Gasteiger charge is -2.33. The predicted molar refractivity (Wildman–Crippen MR) is 164 cm³/mol. The van der Waals surface area contributed by atoms with Gasteiger partial charge in [-0.3, -0.25) is 9.69 Å². The molecule has 3 N–H and O–H groups in total. The molecule has 1 amide bonds. The van der Waals surface area contributed by atoms with Crippen molar-refractivity contribution in [3.63, 3.8) is 0 Å². The normalized spacial score (nSPS) is 20.7. The number of carbonyl (C=O) groups excluding carboxylic acids is 1. The Morgan fingerprint density at radius 3 is 2.60 bits per heavy atom. The molecule has 2 heterocycles. The van der Waals surface area contributed by atoms with Crippen LogP contribution in [0.3, 0.4) is 0 Å². The molecule has 2 fully saturated rings. The molecule has 3 aromatic rings. The maximum atomic E-state index is 13.0. The third kappa shape index (κ3) is 7.32. The van der Waals surface area contributed by atoms with Crippen molar-refractivity contribution in [1.82, 2.24) is 30.6 Å². The van der Waals surface area contributed by atoms with E-state index in [0.717, 1.165) is 22.5 Å². The van der Waals surface area contributed by atoms with Crippen LogP contribution in [0.15, 0.2) is 61.1 Å². The molecule has 9 nitrogen and oxygen atoms in total. The Morgan fingerprint density at radius 1 is 1.07 bits per heavy atom. The highest BCUT2D eigenvalue weighted by Crippen LogP contribution is 2.33. The quantitative estimate of drug-likeness (QED) is 0.338. The van der Waals surface area contributed by atoms with Crippen molar-refractivity contribution >= 4 is 11.6 Å². The highest BCUT2D eigenvalue weighted by atomic mass is 16.1. The van der Waals surface area contributed by atoms with Crippen LogP contribution in [-0.4, -0.2) is 51.6 Å². The fraction of sp³-hybridized carbons (Fsp3) is 0.455. The Kier molecular flexibility index (Phi) is 10.1. The molecule has 2 aromatic carbocycles. The molecule has 0 spiro atoms. The van der Waals surface area contributed by atoms with Gasteiger partial charge in [-0.15, -0.1) is 0 Å². The maximum Gasteiger partial charge on any atom is 0.251 e. The minimum atomic E-state index is -0.147. The zero-order chi connectivity index (χ0) is 29.3. The number of hydrazine groups is 1. The third-order valence-electron chi connectivity index (χ3n) is 8.57. The third-order valence-corrected chi connectivity index (χ3v) is 8.57. The molecule has 2 atom stereocenters. The summed E-state index contributed by atoms with van der Waals surface area (Å²) in [6.45, 7) is 3.01. The summed E-state index contributed by atoms with van der Waals surface area (Å²) in [4.78, 5) is 24.1. The van der Waals surface area contributed by atoms with Gasteiger partial charge in [-0.1, -0.05) is 50.7 Å². The fourth-order valence-electron chi connectivity index (χ4n) is 6.08. The van der Waals surface area contributed by atoms with E-state index in [9.17, 15) is 10.1 Å². The molecule has 1 aromatic heterocycles. The van der Waals surface area contributed by atoms with Crippen molar-refractivity contribution in [3.05, 3.63) is 89.0 Å². The van der Waals surface area contributed by atoms with Gasteiger partial charge in [-0.25, -0.2) is 20.4 Å². The summed E-state index contributed by atoms with van der Waals surface area (Å²) < 4.78 is 0. The molecule has 9 heteroatoms. The summed E-state index contributed by atoms with van der Waals surface area (Å²) in [5.74, 6) is -0.147. The second-order valence-corrected chi connectivity index (χ2v) is 11.5. The molecule has 2 unspecified atom stereocenters. The average Bonchev–Trinajstić information content (AvgIpc) is 3.42. The van der Waals surface area contributed by atoms with Crippen LogP contribution in [-0.2, 0) is 6.54 Å². The van der Waals surface area contributed by atoms with Gasteiger partial charge in [-0.2, -0.15) is 5.26 Å². The number of aryl methyl sites for hydroxylation is 1. The van der Waals surface area contributed by atoms with Gasteiger partial charge in [0.05, 0.1) is 23.5 Å². The van der Waals surface area contributed by atoms with E-state index >= 15 is 0 Å². The van der Waals surface area contributed by atoms with Crippen molar-refractivity contribution in [3.8, 4) is 6.07 Å². The minimum absolute atomic E-state index is 0.0191. The summed E-state index contributed by atoms with van der Waals surface area (Å²) >= 11 is 0. The lowest BCUT2D eigenvalue weighted by atomic mass is 10.0. The van der Waals surface area contributed by atoms with Crippen molar-refractivity contribution < 1.29 is 4.79 Å². The molecule has 220 valence electrons. The Bertz CT molecular complexity index is 1360. The van der Waals surface area contributed by atoms with E-state index in [2.05, 4.69) is 49.1 Å². The van der Waals surface area contributed by atoms with Gasteiger partial charge in [0.25, 0.3) is 5.91 Å². The zero-order valence-corrected chi connectivity index (χ0v) is 24.7. The van der Waals surface area contributed by atoms with Gasteiger partial charge in [0, 0.05) is 36.6 Å². The van der Waals surface area contributed by atoms with E-state index in [0.29, 0.717) is 30.3 Å². The van der Waals surface area contributed by atoms with Crippen molar-refractivity contribution in [2.24, 2.45) is 0 Å². The number of aromatic nitrogens is 2. The second kappa shape index (κ2) is 14.4. The van der Waals surface area contributed by atoms with Gasteiger partial charge in [0.15, 0.2) is 0 Å². The molecule has 1 saturated heterocycles. The maximum absolute atomic E-state index is 13.0. The Balaban J connectivity index is 1.24. The largest absolute Gasteiger partial charge is 0.382 e. The molecule has 5 rings (SSSR count). The topological polar surface area (TPSA) is 109 Å². The van der Waals surface area contributed by atoms with E-state index < -0.39 is 0 Å². The van der Waals surface area contributed by atoms with Gasteiger partial charge in [0.2, 0.25) is 0 Å². The first-order valence-corrected chi connectivity index (χ1v) is 15.2. The van der Waals surface area contributed by atoms with Gasteiger partial charge >= 0.3 is 0 Å². The number of benzene rings is 2. The number of likely N-dealkylation sites (N-methyl/N-ethyl adjacent to an activating group) is 1. The van der Waals surface area contributed by atoms with Crippen LogP contribution in [0.25, 0.3) is 0 Å². The number of nitrogens with zero attached hydrogens (tertiary/aromatic N) is 5. The van der Waals surface area contributed by atoms with Crippen molar-refractivity contribution in [1.29, 1.82) is 5.26 Å². The van der Waals surface area contributed by atoms with E-state index in [1.165, 1.54) is 51.4 Å². The molecule has 0 bridgehead atoms. The molecular formula is C33H42N8O. The fourth-order valence-corrected chi connectivity index (χ4v) is 6.08. The highest BCUT2D eigenvalue weighted by Gasteiger charge is 2.41. The SMILES string of the molecule is Cc1ccc(C#N)cc1CNC(=O)c1cccc(NCC2NN(C3CCCCCCCC3)C(c3ccncn3)N2C)c1. The standard InChI is InChI=1S/C33H42N8O/c1-24-14-15-25(20-34)18-27(24)21-37-32(42)26-10-9-11-28(19-26)36-22-31-39-41(29-12-7-5-3-4-6-8-13-29)33(40(31)2)30-16-17-35-23-38-30/h9-11,14-19,23,29,31,33,36,39H,3-8,12-13,21-22H2,1-2H3,(H,37,42). The predicted octanol–water partition coefficient (Wildman–Crippen LogP) is 5.28. The van der Waals surface area contributed by atoms with Crippen LogP contribution in [0.1, 0.15) is 90.3 Å². The molecule has 1 aliphatic heterocycles. The summed E-state index contributed by atoms with van der Waals surface area (Å²) in [7, 11) is 2.15. The molecule has 1 saturated carbocycles. The number of rotatable bonds is 8. The first-order valence-electron chi connectivity index (χ1n) is 15.2. The van der Waals surface area contributed by atoms with E-state index in [4.69, 9.17) is 0 Å². The lowest BCUT2D eigenvalue weighted by molar-refractivity contribution is 0.0657. The number of hydrogen-bond donors (Lipinski definition) is 3.